The highest BCUT2D eigenvalue weighted by molar-refractivity contribution is 4.95. The highest BCUT2D eigenvalue weighted by Crippen LogP contribution is 2.29. The van der Waals surface area contributed by atoms with Crippen LogP contribution in [-0.4, -0.2) is 32.0 Å². The first-order chi connectivity index (χ1) is 8.17. The lowest BCUT2D eigenvalue weighted by Crippen LogP contribution is -2.46. The molecular formula is C12H22N4O. The Morgan fingerprint density at radius 2 is 2.18 bits per heavy atom. The molecule has 0 radical (unpaired) electrons. The van der Waals surface area contributed by atoms with Crippen LogP contribution in [0.4, 0.5) is 0 Å². The van der Waals surface area contributed by atoms with Crippen LogP contribution in [-0.2, 0) is 6.54 Å². The van der Waals surface area contributed by atoms with E-state index < -0.39 is 0 Å². The van der Waals surface area contributed by atoms with E-state index in [1.165, 1.54) is 12.8 Å². The Morgan fingerprint density at radius 1 is 1.47 bits per heavy atom. The maximum absolute atomic E-state index is 9.52. The van der Waals surface area contributed by atoms with E-state index in [-0.39, 0.29) is 12.1 Å². The van der Waals surface area contributed by atoms with E-state index >= 15 is 0 Å². The lowest BCUT2D eigenvalue weighted by Gasteiger charge is -2.28. The second kappa shape index (κ2) is 5.14. The predicted octanol–water partition coefficient (Wildman–Crippen LogP) is 1.25. The van der Waals surface area contributed by atoms with Crippen LogP contribution in [0.1, 0.15) is 51.4 Å². The third kappa shape index (κ3) is 2.66. The molecule has 1 aliphatic rings. The van der Waals surface area contributed by atoms with Crippen molar-refractivity contribution >= 4 is 0 Å². The van der Waals surface area contributed by atoms with Crippen LogP contribution in [0, 0.1) is 0 Å². The van der Waals surface area contributed by atoms with E-state index in [0.717, 1.165) is 18.7 Å². The third-order valence-electron chi connectivity index (χ3n) is 3.62. The van der Waals surface area contributed by atoms with Gasteiger partial charge in [-0.05, 0) is 26.7 Å². The summed E-state index contributed by atoms with van der Waals surface area (Å²) in [5.41, 5.74) is -0.0895. The molecule has 96 valence electrons. The maximum atomic E-state index is 9.52. The first-order valence-corrected chi connectivity index (χ1v) is 6.41. The predicted molar refractivity (Wildman–Crippen MR) is 65.5 cm³/mol. The smallest absolute Gasteiger partial charge is 0.141 e. The molecule has 0 spiro atoms. The fourth-order valence-electron chi connectivity index (χ4n) is 2.54. The van der Waals surface area contributed by atoms with E-state index in [0.29, 0.717) is 12.6 Å². The number of rotatable bonds is 5. The fourth-order valence-corrected chi connectivity index (χ4v) is 2.54. The summed E-state index contributed by atoms with van der Waals surface area (Å²) in [6.07, 6.45) is 6.10. The zero-order valence-corrected chi connectivity index (χ0v) is 10.7. The topological polar surface area (TPSA) is 63.0 Å². The monoisotopic (exact) mass is 238 g/mol. The van der Waals surface area contributed by atoms with E-state index in [4.69, 9.17) is 0 Å². The Hall–Kier alpha value is -0.940. The lowest BCUT2D eigenvalue weighted by atomic mass is 9.99. The highest BCUT2D eigenvalue weighted by atomic mass is 16.3. The zero-order chi connectivity index (χ0) is 12.3. The SMILES string of the molecule is CC(C)n1ncnc1CNC1(CO)CCCC1. The minimum absolute atomic E-state index is 0.0895. The van der Waals surface area contributed by atoms with Gasteiger partial charge in [0.15, 0.2) is 0 Å². The molecule has 5 nitrogen and oxygen atoms in total. The summed E-state index contributed by atoms with van der Waals surface area (Å²) in [5.74, 6) is 0.944. The average molecular weight is 238 g/mol. The van der Waals surface area contributed by atoms with Gasteiger partial charge in [0.05, 0.1) is 13.2 Å². The molecule has 1 heterocycles. The largest absolute Gasteiger partial charge is 0.394 e. The Balaban J connectivity index is 1.99. The number of aliphatic hydroxyl groups excluding tert-OH is 1. The molecule has 1 aliphatic carbocycles. The van der Waals surface area contributed by atoms with Crippen molar-refractivity contribution in [2.75, 3.05) is 6.61 Å². The highest BCUT2D eigenvalue weighted by Gasteiger charge is 2.32. The molecule has 0 bridgehead atoms. The van der Waals surface area contributed by atoms with E-state index in [1.807, 2.05) is 4.68 Å². The van der Waals surface area contributed by atoms with Gasteiger partial charge in [0.25, 0.3) is 0 Å². The number of aliphatic hydroxyl groups is 1. The van der Waals surface area contributed by atoms with Gasteiger partial charge in [-0.25, -0.2) is 9.67 Å². The van der Waals surface area contributed by atoms with Gasteiger partial charge < -0.3 is 10.4 Å². The second-order valence-corrected chi connectivity index (χ2v) is 5.21. The molecular weight excluding hydrogens is 216 g/mol. The molecule has 5 heteroatoms. The molecule has 0 atom stereocenters. The van der Waals surface area contributed by atoms with Crippen molar-refractivity contribution in [1.29, 1.82) is 0 Å². The van der Waals surface area contributed by atoms with Crippen LogP contribution in [0.3, 0.4) is 0 Å². The Kier molecular flexibility index (Phi) is 3.79. The van der Waals surface area contributed by atoms with Gasteiger partial charge in [0.1, 0.15) is 12.2 Å². The minimum Gasteiger partial charge on any atom is -0.394 e. The van der Waals surface area contributed by atoms with Crippen LogP contribution in [0.15, 0.2) is 6.33 Å². The van der Waals surface area contributed by atoms with Crippen molar-refractivity contribution in [2.45, 2.75) is 57.7 Å². The first kappa shape index (κ1) is 12.5. The van der Waals surface area contributed by atoms with Gasteiger partial charge in [-0.1, -0.05) is 12.8 Å². The van der Waals surface area contributed by atoms with E-state index in [1.54, 1.807) is 6.33 Å². The van der Waals surface area contributed by atoms with Crippen LogP contribution in [0.2, 0.25) is 0 Å². The van der Waals surface area contributed by atoms with Gasteiger partial charge in [0, 0.05) is 11.6 Å². The van der Waals surface area contributed by atoms with Crippen LogP contribution >= 0.6 is 0 Å². The summed E-state index contributed by atoms with van der Waals surface area (Å²) < 4.78 is 1.92. The van der Waals surface area contributed by atoms with Crippen molar-refractivity contribution in [3.05, 3.63) is 12.2 Å². The molecule has 0 saturated heterocycles. The number of nitrogens with zero attached hydrogens (tertiary/aromatic N) is 3. The normalized spacial score (nSPS) is 19.1. The molecule has 1 aromatic rings. The molecule has 0 amide bonds. The number of nitrogens with one attached hydrogen (secondary N) is 1. The van der Waals surface area contributed by atoms with Crippen molar-refractivity contribution in [2.24, 2.45) is 0 Å². The van der Waals surface area contributed by atoms with Crippen molar-refractivity contribution in [3.63, 3.8) is 0 Å². The number of aromatic nitrogens is 3. The average Bonchev–Trinajstić information content (AvgIpc) is 2.96. The molecule has 17 heavy (non-hydrogen) atoms. The fraction of sp³-hybridized carbons (Fsp3) is 0.833. The van der Waals surface area contributed by atoms with Crippen LogP contribution in [0.25, 0.3) is 0 Å². The molecule has 1 aromatic heterocycles. The summed E-state index contributed by atoms with van der Waals surface area (Å²) >= 11 is 0. The van der Waals surface area contributed by atoms with E-state index in [9.17, 15) is 5.11 Å². The number of hydrogen-bond acceptors (Lipinski definition) is 4. The second-order valence-electron chi connectivity index (χ2n) is 5.21. The summed E-state index contributed by atoms with van der Waals surface area (Å²) in [4.78, 5) is 4.27. The minimum atomic E-state index is -0.0895. The summed E-state index contributed by atoms with van der Waals surface area (Å²) in [7, 11) is 0. The molecule has 0 aromatic carbocycles. The van der Waals surface area contributed by atoms with Gasteiger partial charge in [-0.2, -0.15) is 5.10 Å². The summed E-state index contributed by atoms with van der Waals surface area (Å²) in [6, 6.07) is 0.322. The van der Waals surface area contributed by atoms with Crippen molar-refractivity contribution < 1.29 is 5.11 Å². The molecule has 1 saturated carbocycles. The van der Waals surface area contributed by atoms with Crippen molar-refractivity contribution in [3.8, 4) is 0 Å². The van der Waals surface area contributed by atoms with Crippen LogP contribution in [0.5, 0.6) is 0 Å². The Bertz CT molecular complexity index is 355. The lowest BCUT2D eigenvalue weighted by molar-refractivity contribution is 0.161. The van der Waals surface area contributed by atoms with Gasteiger partial charge >= 0.3 is 0 Å². The molecule has 0 unspecified atom stereocenters. The third-order valence-corrected chi connectivity index (χ3v) is 3.62. The zero-order valence-electron chi connectivity index (χ0n) is 10.7. The van der Waals surface area contributed by atoms with Gasteiger partial charge in [0.2, 0.25) is 0 Å². The Labute approximate surface area is 102 Å². The maximum Gasteiger partial charge on any atom is 0.141 e. The molecule has 0 aliphatic heterocycles. The molecule has 1 fully saturated rings. The number of hydrogen-bond donors (Lipinski definition) is 2. The van der Waals surface area contributed by atoms with Crippen molar-refractivity contribution in [1.82, 2.24) is 20.1 Å². The standard InChI is InChI=1S/C12H22N4O/c1-10(2)16-11(13-9-15-16)7-14-12(8-17)5-3-4-6-12/h9-10,14,17H,3-8H2,1-2H3. The molecule has 2 rings (SSSR count). The summed E-state index contributed by atoms with van der Waals surface area (Å²) in [6.45, 7) is 5.08. The Morgan fingerprint density at radius 3 is 2.76 bits per heavy atom. The first-order valence-electron chi connectivity index (χ1n) is 6.41. The van der Waals surface area contributed by atoms with Crippen LogP contribution < -0.4 is 5.32 Å². The van der Waals surface area contributed by atoms with E-state index in [2.05, 4.69) is 29.2 Å². The molecule has 2 N–H and O–H groups in total. The van der Waals surface area contributed by atoms with Gasteiger partial charge in [-0.15, -0.1) is 0 Å². The van der Waals surface area contributed by atoms with Gasteiger partial charge in [-0.3, -0.25) is 0 Å². The summed E-state index contributed by atoms with van der Waals surface area (Å²) in [5, 5.41) is 17.2. The quantitative estimate of drug-likeness (QED) is 0.810.